The molecule has 2 N–H and O–H groups in total. The summed E-state index contributed by atoms with van der Waals surface area (Å²) in [5.41, 5.74) is 3.18. The van der Waals surface area contributed by atoms with E-state index in [2.05, 4.69) is 36.7 Å². The maximum Gasteiger partial charge on any atom is 0.511 e. The van der Waals surface area contributed by atoms with Crippen LogP contribution in [-0.2, 0) is 19.3 Å². The van der Waals surface area contributed by atoms with Crippen LogP contribution in [0, 0.1) is 0 Å². The van der Waals surface area contributed by atoms with Gasteiger partial charge in [-0.05, 0) is 65.6 Å². The molecule has 0 radical (unpaired) electrons. The van der Waals surface area contributed by atoms with Gasteiger partial charge in [0.25, 0.3) is 0 Å². The Morgan fingerprint density at radius 2 is 1.26 bits per heavy atom. The van der Waals surface area contributed by atoms with Gasteiger partial charge in [0.1, 0.15) is 0 Å². The van der Waals surface area contributed by atoms with Gasteiger partial charge in [0.15, 0.2) is 11.5 Å². The molecular weight excluding hydrogens is 408 g/mol. The Morgan fingerprint density at radius 3 is 1.70 bits per heavy atom. The largest absolute Gasteiger partial charge is 0.511 e. The lowest BCUT2D eigenvalue weighted by Crippen LogP contribution is -2.10. The first-order valence-electron chi connectivity index (χ1n) is 10.4. The summed E-state index contributed by atoms with van der Waals surface area (Å²) in [6.45, 7) is 6.50. The first kappa shape index (κ1) is 23.8. The number of phenols is 1. The maximum absolute atomic E-state index is 11.2. The highest BCUT2D eigenvalue weighted by Gasteiger charge is 2.24. The lowest BCUT2D eigenvalue weighted by molar-refractivity contribution is 0.142. The molecule has 0 amide bonds. The van der Waals surface area contributed by atoms with E-state index < -0.39 is 6.16 Å². The molecule has 0 unspecified atom stereocenters. The Hall–Kier alpha value is -1.23. The molecule has 0 spiro atoms. The number of hydrogen-bond acceptors (Lipinski definition) is 3. The van der Waals surface area contributed by atoms with Crippen molar-refractivity contribution in [2.24, 2.45) is 0 Å². The minimum absolute atomic E-state index is 0.00822. The number of halogens is 1. The Morgan fingerprint density at radius 1 is 0.815 bits per heavy atom. The number of carboxylic acid groups (broad SMARTS) is 1. The van der Waals surface area contributed by atoms with Gasteiger partial charge in [0, 0.05) is 5.56 Å². The van der Waals surface area contributed by atoms with Crippen molar-refractivity contribution in [2.45, 2.75) is 97.8 Å². The summed E-state index contributed by atoms with van der Waals surface area (Å²) in [6, 6.07) is 0. The number of rotatable bonds is 13. The molecule has 1 aromatic rings. The van der Waals surface area contributed by atoms with Gasteiger partial charge >= 0.3 is 6.16 Å². The van der Waals surface area contributed by atoms with Crippen molar-refractivity contribution >= 4 is 22.1 Å². The van der Waals surface area contributed by atoms with Crippen LogP contribution in [-0.4, -0.2) is 16.4 Å². The molecule has 0 aliphatic heterocycles. The number of aromatic hydroxyl groups is 1. The molecule has 0 fully saturated rings. The Bertz CT molecular complexity index is 561. The van der Waals surface area contributed by atoms with E-state index in [1.807, 2.05) is 0 Å². The third-order valence-corrected chi connectivity index (χ3v) is 5.81. The van der Waals surface area contributed by atoms with Crippen LogP contribution in [0.15, 0.2) is 4.47 Å². The first-order chi connectivity index (χ1) is 13.0. The van der Waals surface area contributed by atoms with Crippen LogP contribution in [0.25, 0.3) is 0 Å². The summed E-state index contributed by atoms with van der Waals surface area (Å²) in [4.78, 5) is 11.2. The standard InChI is InChI=1S/C22H35BrO4/c1-4-7-10-13-16-17(14-11-8-5-2)19(23)21(27-22(25)26)20(24)18(16)15-12-9-6-3/h24H,4-15H2,1-3H3,(H,25,26). The maximum atomic E-state index is 11.2. The molecule has 4 nitrogen and oxygen atoms in total. The molecule has 0 aromatic heterocycles. The van der Waals surface area contributed by atoms with E-state index in [0.717, 1.165) is 88.2 Å². The molecular formula is C22H35BrO4. The number of carbonyl (C=O) groups is 1. The number of hydrogen-bond donors (Lipinski definition) is 2. The fraction of sp³-hybridized carbons (Fsp3) is 0.682. The third-order valence-electron chi connectivity index (χ3n) is 4.97. The average Bonchev–Trinajstić information content (AvgIpc) is 2.63. The molecule has 154 valence electrons. The van der Waals surface area contributed by atoms with E-state index in [4.69, 9.17) is 9.84 Å². The van der Waals surface area contributed by atoms with E-state index in [1.54, 1.807) is 0 Å². The number of benzene rings is 1. The topological polar surface area (TPSA) is 66.8 Å². The van der Waals surface area contributed by atoms with Gasteiger partial charge in [0.2, 0.25) is 0 Å². The summed E-state index contributed by atoms with van der Waals surface area (Å²) in [7, 11) is 0. The summed E-state index contributed by atoms with van der Waals surface area (Å²) in [5.74, 6) is 0.0471. The zero-order valence-corrected chi connectivity index (χ0v) is 18.7. The van der Waals surface area contributed by atoms with Crippen molar-refractivity contribution in [1.82, 2.24) is 0 Å². The van der Waals surface area contributed by atoms with Crippen LogP contribution in [0.4, 0.5) is 4.79 Å². The van der Waals surface area contributed by atoms with Crippen LogP contribution < -0.4 is 4.74 Å². The molecule has 0 saturated heterocycles. The van der Waals surface area contributed by atoms with Crippen molar-refractivity contribution < 1.29 is 19.7 Å². The van der Waals surface area contributed by atoms with Crippen molar-refractivity contribution in [2.75, 3.05) is 0 Å². The summed E-state index contributed by atoms with van der Waals surface area (Å²) in [5, 5.41) is 19.9. The second-order valence-electron chi connectivity index (χ2n) is 7.17. The molecule has 1 rings (SSSR count). The predicted molar refractivity (Wildman–Crippen MR) is 114 cm³/mol. The number of unbranched alkanes of at least 4 members (excludes halogenated alkanes) is 6. The molecule has 0 aliphatic rings. The minimum atomic E-state index is -1.40. The number of phenolic OH excluding ortho intramolecular Hbond substituents is 1. The van der Waals surface area contributed by atoms with E-state index >= 15 is 0 Å². The van der Waals surface area contributed by atoms with Crippen molar-refractivity contribution in [3.63, 3.8) is 0 Å². The van der Waals surface area contributed by atoms with E-state index in [0.29, 0.717) is 4.47 Å². The smallest absolute Gasteiger partial charge is 0.504 e. The Kier molecular flexibility index (Phi) is 11.5. The molecule has 0 saturated carbocycles. The summed E-state index contributed by atoms with van der Waals surface area (Å²) < 4.78 is 5.57. The Balaban J connectivity index is 3.40. The average molecular weight is 443 g/mol. The van der Waals surface area contributed by atoms with Crippen LogP contribution in [0.1, 0.15) is 95.2 Å². The van der Waals surface area contributed by atoms with Gasteiger partial charge in [-0.1, -0.05) is 59.3 Å². The fourth-order valence-electron chi connectivity index (χ4n) is 3.50. The second kappa shape index (κ2) is 13.0. The predicted octanol–water partition coefficient (Wildman–Crippen LogP) is 7.41. The molecule has 27 heavy (non-hydrogen) atoms. The molecule has 0 atom stereocenters. The highest BCUT2D eigenvalue weighted by atomic mass is 79.9. The van der Waals surface area contributed by atoms with Crippen LogP contribution in [0.5, 0.6) is 11.5 Å². The summed E-state index contributed by atoms with van der Waals surface area (Å²) >= 11 is 3.54. The van der Waals surface area contributed by atoms with Crippen molar-refractivity contribution in [1.29, 1.82) is 0 Å². The molecule has 0 heterocycles. The van der Waals surface area contributed by atoms with Gasteiger partial charge in [-0.25, -0.2) is 4.79 Å². The summed E-state index contributed by atoms with van der Waals surface area (Å²) in [6.07, 6.45) is 11.0. The first-order valence-corrected chi connectivity index (χ1v) is 11.2. The zero-order chi connectivity index (χ0) is 20.2. The van der Waals surface area contributed by atoms with Gasteiger partial charge in [-0.2, -0.15) is 0 Å². The molecule has 1 aromatic carbocycles. The van der Waals surface area contributed by atoms with Gasteiger partial charge in [0.05, 0.1) is 4.47 Å². The van der Waals surface area contributed by atoms with Gasteiger partial charge < -0.3 is 14.9 Å². The highest BCUT2D eigenvalue weighted by molar-refractivity contribution is 9.10. The normalized spacial score (nSPS) is 11.0. The third kappa shape index (κ3) is 7.36. The van der Waals surface area contributed by atoms with Crippen molar-refractivity contribution in [3.8, 4) is 11.5 Å². The van der Waals surface area contributed by atoms with Gasteiger partial charge in [-0.3, -0.25) is 0 Å². The zero-order valence-electron chi connectivity index (χ0n) is 17.1. The van der Waals surface area contributed by atoms with E-state index in [9.17, 15) is 9.90 Å². The van der Waals surface area contributed by atoms with E-state index in [-0.39, 0.29) is 11.5 Å². The lowest BCUT2D eigenvalue weighted by Gasteiger charge is -2.21. The van der Waals surface area contributed by atoms with Crippen LogP contribution in [0.3, 0.4) is 0 Å². The SMILES string of the molecule is CCCCCc1c(O)c(OC(=O)O)c(Br)c(CCCCC)c1CCCCC. The lowest BCUT2D eigenvalue weighted by atomic mass is 9.89. The van der Waals surface area contributed by atoms with Crippen molar-refractivity contribution in [3.05, 3.63) is 21.2 Å². The Labute approximate surface area is 172 Å². The molecule has 0 aliphatic carbocycles. The van der Waals surface area contributed by atoms with Crippen LogP contribution in [0.2, 0.25) is 0 Å². The van der Waals surface area contributed by atoms with E-state index in [1.165, 1.54) is 5.56 Å². The second-order valence-corrected chi connectivity index (χ2v) is 7.96. The molecule has 5 heteroatoms. The minimum Gasteiger partial charge on any atom is -0.504 e. The van der Waals surface area contributed by atoms with Gasteiger partial charge in [-0.15, -0.1) is 0 Å². The fourth-order valence-corrected chi connectivity index (χ4v) is 4.21. The highest BCUT2D eigenvalue weighted by Crippen LogP contribution is 2.45. The van der Waals surface area contributed by atoms with Crippen LogP contribution >= 0.6 is 15.9 Å². The quantitative estimate of drug-likeness (QED) is 0.189. The monoisotopic (exact) mass is 442 g/mol. The molecule has 0 bridgehead atoms. The number of ether oxygens (including phenoxy) is 1.